The lowest BCUT2D eigenvalue weighted by atomic mass is 9.98. The third-order valence-electron chi connectivity index (χ3n) is 2.84. The highest BCUT2D eigenvalue weighted by atomic mass is 35.5. The predicted octanol–water partition coefficient (Wildman–Crippen LogP) is 3.02. The monoisotopic (exact) mass is 209 g/mol. The van der Waals surface area contributed by atoms with Crippen molar-refractivity contribution in [2.45, 2.75) is 31.7 Å². The average molecular weight is 210 g/mol. The fourth-order valence-corrected chi connectivity index (χ4v) is 2.24. The first kappa shape index (κ1) is 10.0. The van der Waals surface area contributed by atoms with Crippen LogP contribution in [0.15, 0.2) is 24.3 Å². The molecule has 2 rings (SSSR count). The van der Waals surface area contributed by atoms with E-state index in [1.165, 1.54) is 24.8 Å². The summed E-state index contributed by atoms with van der Waals surface area (Å²) in [5.41, 5.74) is 1.27. The summed E-state index contributed by atoms with van der Waals surface area (Å²) in [5.74, 6) is 0. The van der Waals surface area contributed by atoms with Crippen LogP contribution in [0.25, 0.3) is 0 Å². The van der Waals surface area contributed by atoms with Gasteiger partial charge in [-0.15, -0.1) is 0 Å². The highest BCUT2D eigenvalue weighted by molar-refractivity contribution is 6.31. The maximum Gasteiger partial charge on any atom is 0.0438 e. The molecule has 0 amide bonds. The second-order valence-electron chi connectivity index (χ2n) is 3.94. The van der Waals surface area contributed by atoms with Gasteiger partial charge in [0.1, 0.15) is 0 Å². The van der Waals surface area contributed by atoms with Crippen LogP contribution in [0.3, 0.4) is 0 Å². The summed E-state index contributed by atoms with van der Waals surface area (Å²) < 4.78 is 0. The van der Waals surface area contributed by atoms with E-state index in [1.54, 1.807) is 0 Å². The van der Waals surface area contributed by atoms with Gasteiger partial charge < -0.3 is 5.32 Å². The molecule has 76 valence electrons. The molecule has 0 aliphatic carbocycles. The summed E-state index contributed by atoms with van der Waals surface area (Å²) in [7, 11) is 0. The summed E-state index contributed by atoms with van der Waals surface area (Å²) >= 11 is 6.12. The van der Waals surface area contributed by atoms with Crippen LogP contribution in [0.2, 0.25) is 5.02 Å². The van der Waals surface area contributed by atoms with Crippen LogP contribution in [0.1, 0.15) is 24.8 Å². The molecular weight excluding hydrogens is 194 g/mol. The van der Waals surface area contributed by atoms with Crippen LogP contribution in [0, 0.1) is 0 Å². The van der Waals surface area contributed by atoms with Gasteiger partial charge in [0.15, 0.2) is 0 Å². The molecule has 0 radical (unpaired) electrons. The SMILES string of the molecule is Clc1ccccc1CC1CCCCN1. The summed E-state index contributed by atoms with van der Waals surface area (Å²) in [6.07, 6.45) is 5.02. The molecule has 1 unspecified atom stereocenters. The van der Waals surface area contributed by atoms with E-state index < -0.39 is 0 Å². The van der Waals surface area contributed by atoms with Crippen molar-refractivity contribution < 1.29 is 0 Å². The first-order valence-corrected chi connectivity index (χ1v) is 5.71. The van der Waals surface area contributed by atoms with Crippen molar-refractivity contribution in [2.24, 2.45) is 0 Å². The third-order valence-corrected chi connectivity index (χ3v) is 3.21. The largest absolute Gasteiger partial charge is 0.314 e. The molecule has 1 nitrogen and oxygen atoms in total. The summed E-state index contributed by atoms with van der Waals surface area (Å²) in [4.78, 5) is 0. The van der Waals surface area contributed by atoms with Crippen molar-refractivity contribution in [3.05, 3.63) is 34.9 Å². The van der Waals surface area contributed by atoms with E-state index in [4.69, 9.17) is 11.6 Å². The molecule has 1 heterocycles. The topological polar surface area (TPSA) is 12.0 Å². The Labute approximate surface area is 90.5 Å². The molecule has 1 fully saturated rings. The van der Waals surface area contributed by atoms with E-state index in [1.807, 2.05) is 12.1 Å². The number of hydrogen-bond acceptors (Lipinski definition) is 1. The van der Waals surface area contributed by atoms with Gasteiger partial charge in [-0.1, -0.05) is 36.2 Å². The Bertz CT molecular complexity index is 292. The second-order valence-corrected chi connectivity index (χ2v) is 4.35. The third kappa shape index (κ3) is 2.49. The smallest absolute Gasteiger partial charge is 0.0438 e. The second kappa shape index (κ2) is 4.81. The van der Waals surface area contributed by atoms with Gasteiger partial charge in [-0.2, -0.15) is 0 Å². The number of rotatable bonds is 2. The van der Waals surface area contributed by atoms with Gasteiger partial charge >= 0.3 is 0 Å². The standard InChI is InChI=1S/C12H16ClN/c13-12-7-2-1-5-10(12)9-11-6-3-4-8-14-11/h1-2,5,7,11,14H,3-4,6,8-9H2. The van der Waals surface area contributed by atoms with E-state index >= 15 is 0 Å². The molecule has 0 aromatic heterocycles. The van der Waals surface area contributed by atoms with Crippen LogP contribution in [0.5, 0.6) is 0 Å². The molecule has 2 heteroatoms. The minimum absolute atomic E-state index is 0.628. The van der Waals surface area contributed by atoms with Gasteiger partial charge in [0.2, 0.25) is 0 Å². The van der Waals surface area contributed by atoms with Crippen molar-refractivity contribution in [3.8, 4) is 0 Å². The number of benzene rings is 1. The lowest BCUT2D eigenvalue weighted by Crippen LogP contribution is -2.35. The van der Waals surface area contributed by atoms with Gasteiger partial charge in [0.05, 0.1) is 0 Å². The zero-order valence-electron chi connectivity index (χ0n) is 8.30. The van der Waals surface area contributed by atoms with Crippen LogP contribution in [-0.4, -0.2) is 12.6 Å². The maximum atomic E-state index is 6.12. The fourth-order valence-electron chi connectivity index (χ4n) is 2.03. The molecule has 1 aromatic carbocycles. The van der Waals surface area contributed by atoms with Gasteiger partial charge in [0.25, 0.3) is 0 Å². The summed E-state index contributed by atoms with van der Waals surface area (Å²) in [6, 6.07) is 8.77. The normalized spacial score (nSPS) is 22.2. The van der Waals surface area contributed by atoms with Crippen LogP contribution < -0.4 is 5.32 Å². The van der Waals surface area contributed by atoms with Crippen molar-refractivity contribution in [3.63, 3.8) is 0 Å². The van der Waals surface area contributed by atoms with Crippen molar-refractivity contribution >= 4 is 11.6 Å². The summed E-state index contributed by atoms with van der Waals surface area (Å²) in [5, 5.41) is 4.44. The lowest BCUT2D eigenvalue weighted by Gasteiger charge is -2.23. The lowest BCUT2D eigenvalue weighted by molar-refractivity contribution is 0.399. The molecule has 1 N–H and O–H groups in total. The van der Waals surface area contributed by atoms with E-state index in [0.717, 1.165) is 18.0 Å². The number of halogens is 1. The quantitative estimate of drug-likeness (QED) is 0.790. The Morgan fingerprint density at radius 2 is 2.14 bits per heavy atom. The minimum atomic E-state index is 0.628. The number of nitrogens with one attached hydrogen (secondary N) is 1. The summed E-state index contributed by atoms with van der Waals surface area (Å²) in [6.45, 7) is 1.16. The average Bonchev–Trinajstić information content (AvgIpc) is 2.23. The highest BCUT2D eigenvalue weighted by Crippen LogP contribution is 2.19. The molecule has 1 aliphatic heterocycles. The highest BCUT2D eigenvalue weighted by Gasteiger charge is 2.13. The van der Waals surface area contributed by atoms with E-state index in [2.05, 4.69) is 17.4 Å². The Morgan fingerprint density at radius 1 is 1.29 bits per heavy atom. The zero-order valence-corrected chi connectivity index (χ0v) is 9.06. The number of piperidine rings is 1. The fraction of sp³-hybridized carbons (Fsp3) is 0.500. The van der Waals surface area contributed by atoms with Gasteiger partial charge in [-0.25, -0.2) is 0 Å². The minimum Gasteiger partial charge on any atom is -0.314 e. The number of hydrogen-bond donors (Lipinski definition) is 1. The molecule has 0 spiro atoms. The molecule has 1 atom stereocenters. The van der Waals surface area contributed by atoms with Crippen molar-refractivity contribution in [1.82, 2.24) is 5.32 Å². The molecule has 1 saturated heterocycles. The van der Waals surface area contributed by atoms with Crippen molar-refractivity contribution in [2.75, 3.05) is 6.54 Å². The predicted molar refractivity (Wildman–Crippen MR) is 60.8 cm³/mol. The Kier molecular flexibility index (Phi) is 3.44. The molecule has 0 bridgehead atoms. The Balaban J connectivity index is 1.99. The molecular formula is C12H16ClN. The Hall–Kier alpha value is -0.530. The van der Waals surface area contributed by atoms with E-state index in [9.17, 15) is 0 Å². The zero-order chi connectivity index (χ0) is 9.80. The maximum absolute atomic E-state index is 6.12. The van der Waals surface area contributed by atoms with Crippen LogP contribution >= 0.6 is 11.6 Å². The van der Waals surface area contributed by atoms with Gasteiger partial charge in [0, 0.05) is 11.1 Å². The van der Waals surface area contributed by atoms with Gasteiger partial charge in [-0.05, 0) is 37.4 Å². The molecule has 1 aliphatic rings. The van der Waals surface area contributed by atoms with Crippen LogP contribution in [-0.2, 0) is 6.42 Å². The molecule has 14 heavy (non-hydrogen) atoms. The molecule has 1 aromatic rings. The Morgan fingerprint density at radius 3 is 2.86 bits per heavy atom. The van der Waals surface area contributed by atoms with Crippen molar-refractivity contribution in [1.29, 1.82) is 0 Å². The first-order chi connectivity index (χ1) is 6.86. The van der Waals surface area contributed by atoms with E-state index in [0.29, 0.717) is 6.04 Å². The van der Waals surface area contributed by atoms with E-state index in [-0.39, 0.29) is 0 Å². The first-order valence-electron chi connectivity index (χ1n) is 5.33. The van der Waals surface area contributed by atoms with Gasteiger partial charge in [-0.3, -0.25) is 0 Å². The molecule has 0 saturated carbocycles. The van der Waals surface area contributed by atoms with Crippen LogP contribution in [0.4, 0.5) is 0 Å².